The quantitative estimate of drug-likeness (QED) is 0.315. The highest BCUT2D eigenvalue weighted by Gasteiger charge is 2.25. The molecule has 202 valence electrons. The highest BCUT2D eigenvalue weighted by Crippen LogP contribution is 2.35. The Morgan fingerprint density at radius 3 is 2.44 bits per heavy atom. The van der Waals surface area contributed by atoms with Crippen LogP contribution >= 0.6 is 11.6 Å². The van der Waals surface area contributed by atoms with Crippen LogP contribution in [0.2, 0.25) is 5.02 Å². The SMILES string of the molecule is Cn1nc(NS(C)(=O)=O)c2c(Cl)ccc(-n3c(C(N)Cc4cc(F)cc(F)c4)nc4cccc(F)c4c3=O)c21. The molecule has 0 radical (unpaired) electrons. The summed E-state index contributed by atoms with van der Waals surface area (Å²) in [7, 11) is -2.25. The van der Waals surface area contributed by atoms with Crippen molar-refractivity contribution in [2.75, 3.05) is 11.0 Å². The Hall–Kier alpha value is -3.94. The summed E-state index contributed by atoms with van der Waals surface area (Å²) in [6.45, 7) is 0. The van der Waals surface area contributed by atoms with Gasteiger partial charge in [-0.05, 0) is 48.4 Å². The lowest BCUT2D eigenvalue weighted by Gasteiger charge is -2.20. The van der Waals surface area contributed by atoms with Gasteiger partial charge in [0.15, 0.2) is 5.82 Å². The number of hydrogen-bond donors (Lipinski definition) is 2. The second kappa shape index (κ2) is 9.67. The van der Waals surface area contributed by atoms with Crippen molar-refractivity contribution in [2.45, 2.75) is 12.5 Å². The topological polar surface area (TPSA) is 125 Å². The van der Waals surface area contributed by atoms with Crippen LogP contribution in [0.15, 0.2) is 53.3 Å². The largest absolute Gasteiger partial charge is 0.321 e. The fourth-order valence-corrected chi connectivity index (χ4v) is 5.28. The third-order valence-electron chi connectivity index (χ3n) is 6.02. The van der Waals surface area contributed by atoms with Crippen molar-refractivity contribution >= 4 is 49.2 Å². The van der Waals surface area contributed by atoms with Gasteiger partial charge in [0.1, 0.15) is 28.7 Å². The normalized spacial score (nSPS) is 12.8. The molecule has 0 amide bonds. The van der Waals surface area contributed by atoms with Crippen LogP contribution in [0.5, 0.6) is 0 Å². The summed E-state index contributed by atoms with van der Waals surface area (Å²) in [5.41, 5.74) is 6.24. The van der Waals surface area contributed by atoms with E-state index in [4.69, 9.17) is 17.3 Å². The molecule has 0 bridgehead atoms. The fraction of sp³-hybridized carbons (Fsp3) is 0.160. The summed E-state index contributed by atoms with van der Waals surface area (Å²) in [4.78, 5) is 18.3. The van der Waals surface area contributed by atoms with E-state index in [0.717, 1.165) is 35.1 Å². The molecule has 2 heterocycles. The van der Waals surface area contributed by atoms with Gasteiger partial charge >= 0.3 is 0 Å². The van der Waals surface area contributed by atoms with E-state index in [2.05, 4.69) is 14.8 Å². The van der Waals surface area contributed by atoms with Crippen LogP contribution in [-0.4, -0.2) is 34.0 Å². The Balaban J connectivity index is 1.82. The number of aryl methyl sites for hydroxylation is 1. The summed E-state index contributed by atoms with van der Waals surface area (Å²) in [5, 5.41) is 4.20. The van der Waals surface area contributed by atoms with E-state index in [1.54, 1.807) is 0 Å². The standard InChI is InChI=1S/C25H20ClF3N6O3S/c1-34-22-19(7-6-15(26)20(22)23(32-34)33-39(2,37)38)35-24(17(30)10-12-8-13(27)11-14(28)9-12)31-18-5-3-4-16(29)21(18)25(35)36/h3-9,11,17H,10,30H2,1-2H3,(H,32,33). The molecule has 0 saturated heterocycles. The molecule has 5 aromatic rings. The van der Waals surface area contributed by atoms with Gasteiger partial charge in [-0.1, -0.05) is 17.7 Å². The van der Waals surface area contributed by atoms with Crippen LogP contribution < -0.4 is 16.0 Å². The first-order valence-electron chi connectivity index (χ1n) is 11.4. The Morgan fingerprint density at radius 2 is 1.77 bits per heavy atom. The third kappa shape index (κ3) is 4.95. The molecule has 0 aliphatic carbocycles. The Kier molecular flexibility index (Phi) is 6.61. The molecule has 0 saturated carbocycles. The van der Waals surface area contributed by atoms with Crippen molar-refractivity contribution < 1.29 is 21.6 Å². The number of nitrogens with one attached hydrogen (secondary N) is 1. The van der Waals surface area contributed by atoms with Crippen LogP contribution in [0, 0.1) is 17.5 Å². The van der Waals surface area contributed by atoms with Gasteiger partial charge in [-0.25, -0.2) is 26.6 Å². The predicted molar refractivity (Wildman–Crippen MR) is 142 cm³/mol. The summed E-state index contributed by atoms with van der Waals surface area (Å²) in [6, 6.07) is 8.67. The maximum absolute atomic E-state index is 14.9. The zero-order valence-electron chi connectivity index (χ0n) is 20.4. The highest BCUT2D eigenvalue weighted by atomic mass is 35.5. The number of sulfonamides is 1. The van der Waals surface area contributed by atoms with Crippen molar-refractivity contribution in [3.05, 3.63) is 92.7 Å². The van der Waals surface area contributed by atoms with Crippen molar-refractivity contribution in [1.29, 1.82) is 0 Å². The molecule has 0 fully saturated rings. The van der Waals surface area contributed by atoms with Crippen LogP contribution in [0.1, 0.15) is 17.4 Å². The van der Waals surface area contributed by atoms with Gasteiger partial charge in [-0.3, -0.25) is 18.8 Å². The van der Waals surface area contributed by atoms with Gasteiger partial charge in [-0.15, -0.1) is 0 Å². The highest BCUT2D eigenvalue weighted by molar-refractivity contribution is 7.92. The molecule has 14 heteroatoms. The van der Waals surface area contributed by atoms with Crippen LogP contribution in [0.3, 0.4) is 0 Å². The molecule has 2 aromatic heterocycles. The molecule has 0 aliphatic rings. The third-order valence-corrected chi connectivity index (χ3v) is 6.90. The van der Waals surface area contributed by atoms with Crippen molar-refractivity contribution in [2.24, 2.45) is 12.8 Å². The Bertz CT molecular complexity index is 1940. The minimum atomic E-state index is -3.75. The van der Waals surface area contributed by atoms with Gasteiger partial charge in [-0.2, -0.15) is 5.10 Å². The average molecular weight is 577 g/mol. The van der Waals surface area contributed by atoms with Crippen LogP contribution in [-0.2, 0) is 23.5 Å². The van der Waals surface area contributed by atoms with E-state index in [0.29, 0.717) is 0 Å². The number of rotatable bonds is 6. The summed E-state index contributed by atoms with van der Waals surface area (Å²) in [5.74, 6) is -2.55. The van der Waals surface area contributed by atoms with Crippen molar-refractivity contribution in [3.63, 3.8) is 0 Å². The second-order valence-corrected chi connectivity index (χ2v) is 11.1. The molecule has 5 rings (SSSR count). The molecular formula is C25H20ClF3N6O3S. The number of halogens is 4. The number of nitrogens with zero attached hydrogens (tertiary/aromatic N) is 4. The van der Waals surface area contributed by atoms with Gasteiger partial charge < -0.3 is 5.73 Å². The fourth-order valence-electron chi connectivity index (χ4n) is 4.55. The Labute approximate surface area is 224 Å². The zero-order valence-corrected chi connectivity index (χ0v) is 22.0. The molecule has 3 N–H and O–H groups in total. The van der Waals surface area contributed by atoms with E-state index in [1.165, 1.54) is 36.0 Å². The molecular weight excluding hydrogens is 557 g/mol. The number of benzene rings is 3. The number of nitrogens with two attached hydrogens (primary N) is 1. The maximum atomic E-state index is 14.9. The van der Waals surface area contributed by atoms with Crippen molar-refractivity contribution in [1.82, 2.24) is 19.3 Å². The first-order chi connectivity index (χ1) is 18.3. The molecule has 1 unspecified atom stereocenters. The smallest absolute Gasteiger partial charge is 0.269 e. The number of fused-ring (bicyclic) bond motifs is 2. The number of anilines is 1. The van der Waals surface area contributed by atoms with Gasteiger partial charge in [0, 0.05) is 13.1 Å². The molecule has 0 spiro atoms. The Morgan fingerprint density at radius 1 is 1.08 bits per heavy atom. The van der Waals surface area contributed by atoms with Gasteiger partial charge in [0.2, 0.25) is 10.0 Å². The molecule has 9 nitrogen and oxygen atoms in total. The van der Waals surface area contributed by atoms with Crippen LogP contribution in [0.25, 0.3) is 27.5 Å². The maximum Gasteiger partial charge on any atom is 0.269 e. The molecule has 0 aliphatic heterocycles. The number of aromatic nitrogens is 4. The average Bonchev–Trinajstić information content (AvgIpc) is 3.14. The summed E-state index contributed by atoms with van der Waals surface area (Å²) < 4.78 is 71.1. The molecule has 39 heavy (non-hydrogen) atoms. The molecule has 1 atom stereocenters. The first kappa shape index (κ1) is 26.7. The van der Waals surface area contributed by atoms with E-state index in [1.807, 2.05) is 0 Å². The zero-order chi connectivity index (χ0) is 28.2. The van der Waals surface area contributed by atoms with E-state index in [-0.39, 0.29) is 56.1 Å². The summed E-state index contributed by atoms with van der Waals surface area (Å²) >= 11 is 6.42. The monoisotopic (exact) mass is 576 g/mol. The van der Waals surface area contributed by atoms with Crippen molar-refractivity contribution in [3.8, 4) is 5.69 Å². The second-order valence-electron chi connectivity index (χ2n) is 8.97. The minimum absolute atomic E-state index is 0.0294. The lowest BCUT2D eigenvalue weighted by atomic mass is 10.0. The van der Waals surface area contributed by atoms with E-state index >= 15 is 0 Å². The van der Waals surface area contributed by atoms with Gasteiger partial charge in [0.05, 0.1) is 39.4 Å². The predicted octanol–water partition coefficient (Wildman–Crippen LogP) is 3.96. The van der Waals surface area contributed by atoms with E-state index in [9.17, 15) is 26.4 Å². The van der Waals surface area contributed by atoms with Crippen LogP contribution in [0.4, 0.5) is 19.0 Å². The van der Waals surface area contributed by atoms with Gasteiger partial charge in [0.25, 0.3) is 5.56 Å². The van der Waals surface area contributed by atoms with E-state index < -0.39 is 39.1 Å². The lowest BCUT2D eigenvalue weighted by Crippen LogP contribution is -2.30. The first-order valence-corrected chi connectivity index (χ1v) is 13.7. The lowest BCUT2D eigenvalue weighted by molar-refractivity contribution is 0.572. The number of hydrogen-bond acceptors (Lipinski definition) is 6. The minimum Gasteiger partial charge on any atom is -0.321 e. The summed E-state index contributed by atoms with van der Waals surface area (Å²) in [6.07, 6.45) is 0.823. The molecule has 3 aromatic carbocycles.